The van der Waals surface area contributed by atoms with E-state index in [1.165, 1.54) is 11.1 Å². The molecule has 86 valence electrons. The molecule has 1 atom stereocenters. The van der Waals surface area contributed by atoms with Gasteiger partial charge in [-0.25, -0.2) is 0 Å². The molecule has 16 heavy (non-hydrogen) atoms. The molecule has 0 heterocycles. The van der Waals surface area contributed by atoms with Crippen LogP contribution in [0.4, 0.5) is 0 Å². The van der Waals surface area contributed by atoms with Crippen LogP contribution >= 0.6 is 0 Å². The average Bonchev–Trinajstić information content (AvgIpc) is 2.26. The van der Waals surface area contributed by atoms with Crippen molar-refractivity contribution >= 4 is 5.57 Å². The van der Waals surface area contributed by atoms with Gasteiger partial charge in [0.15, 0.2) is 0 Å². The van der Waals surface area contributed by atoms with Crippen molar-refractivity contribution in [2.75, 3.05) is 6.61 Å². The lowest BCUT2D eigenvalue weighted by molar-refractivity contribution is 0.314. The molecule has 0 bridgehead atoms. The molecule has 1 aliphatic carbocycles. The summed E-state index contributed by atoms with van der Waals surface area (Å²) in [5.74, 6) is 0.555. The number of hydrogen-bond donors (Lipinski definition) is 1. The van der Waals surface area contributed by atoms with Gasteiger partial charge in [0.25, 0.3) is 0 Å². The van der Waals surface area contributed by atoms with E-state index in [0.29, 0.717) is 5.92 Å². The Bertz CT molecular complexity index is 410. The van der Waals surface area contributed by atoms with Gasteiger partial charge in [-0.2, -0.15) is 0 Å². The van der Waals surface area contributed by atoms with E-state index in [4.69, 9.17) is 0 Å². The second kappa shape index (κ2) is 4.06. The Morgan fingerprint density at radius 3 is 2.56 bits per heavy atom. The highest BCUT2D eigenvalue weighted by Crippen LogP contribution is 2.44. The third-order valence-electron chi connectivity index (χ3n) is 3.50. The number of allylic oxidation sites excluding steroid dienone is 1. The zero-order chi connectivity index (χ0) is 11.8. The van der Waals surface area contributed by atoms with E-state index < -0.39 is 0 Å². The van der Waals surface area contributed by atoms with Gasteiger partial charge >= 0.3 is 0 Å². The van der Waals surface area contributed by atoms with Crippen LogP contribution in [-0.2, 0) is 0 Å². The molecule has 0 aromatic heterocycles. The number of rotatable bonds is 1. The van der Waals surface area contributed by atoms with Gasteiger partial charge in [-0.1, -0.05) is 51.1 Å². The summed E-state index contributed by atoms with van der Waals surface area (Å²) in [4.78, 5) is 0. The second-order valence-corrected chi connectivity index (χ2v) is 5.63. The molecule has 0 saturated heterocycles. The summed E-state index contributed by atoms with van der Waals surface area (Å²) in [5, 5.41) is 9.36. The normalized spacial score (nSPS) is 20.2. The molecule has 0 spiro atoms. The molecule has 0 amide bonds. The SMILES string of the molecule is CC(C)(C)C1CC=C(CO)c2ccccc21. The fraction of sp³-hybridized carbons (Fsp3) is 0.467. The summed E-state index contributed by atoms with van der Waals surface area (Å²) in [6, 6.07) is 8.47. The van der Waals surface area contributed by atoms with Crippen LogP contribution in [0, 0.1) is 5.41 Å². The van der Waals surface area contributed by atoms with Crippen LogP contribution in [0.25, 0.3) is 5.57 Å². The minimum Gasteiger partial charge on any atom is -0.392 e. The lowest BCUT2D eigenvalue weighted by atomic mass is 9.70. The molecule has 0 aliphatic heterocycles. The van der Waals surface area contributed by atoms with E-state index in [1.807, 2.05) is 6.07 Å². The predicted molar refractivity (Wildman–Crippen MR) is 68.3 cm³/mol. The van der Waals surface area contributed by atoms with Gasteiger partial charge in [-0.05, 0) is 34.5 Å². The van der Waals surface area contributed by atoms with Gasteiger partial charge in [0.05, 0.1) is 6.61 Å². The largest absolute Gasteiger partial charge is 0.392 e. The van der Waals surface area contributed by atoms with Crippen LogP contribution in [0.2, 0.25) is 0 Å². The van der Waals surface area contributed by atoms with Crippen LogP contribution in [0.3, 0.4) is 0 Å². The van der Waals surface area contributed by atoms with Gasteiger partial charge in [0, 0.05) is 0 Å². The molecule has 2 rings (SSSR count). The zero-order valence-corrected chi connectivity index (χ0v) is 10.3. The molecule has 1 unspecified atom stereocenters. The average molecular weight is 216 g/mol. The van der Waals surface area contributed by atoms with Crippen molar-refractivity contribution in [3.8, 4) is 0 Å². The summed E-state index contributed by atoms with van der Waals surface area (Å²) in [5.41, 5.74) is 3.97. The van der Waals surface area contributed by atoms with Gasteiger partial charge in [-0.15, -0.1) is 0 Å². The predicted octanol–water partition coefficient (Wildman–Crippen LogP) is 3.60. The standard InChI is InChI=1S/C15H20O/c1-15(2,3)14-9-8-11(10-16)12-6-4-5-7-13(12)14/h4-8,14,16H,9-10H2,1-3H3. The van der Waals surface area contributed by atoms with Gasteiger partial charge in [0.2, 0.25) is 0 Å². The number of benzene rings is 1. The van der Waals surface area contributed by atoms with Crippen molar-refractivity contribution < 1.29 is 5.11 Å². The number of aliphatic hydroxyl groups is 1. The molecular formula is C15H20O. The number of hydrogen-bond acceptors (Lipinski definition) is 1. The van der Waals surface area contributed by atoms with Gasteiger partial charge in [-0.3, -0.25) is 0 Å². The van der Waals surface area contributed by atoms with Crippen LogP contribution in [0.1, 0.15) is 44.2 Å². The first-order valence-electron chi connectivity index (χ1n) is 5.93. The van der Waals surface area contributed by atoms with Crippen LogP contribution in [0.5, 0.6) is 0 Å². The highest BCUT2D eigenvalue weighted by atomic mass is 16.3. The monoisotopic (exact) mass is 216 g/mol. The minimum atomic E-state index is 0.147. The van der Waals surface area contributed by atoms with E-state index in [9.17, 15) is 5.11 Å². The first-order chi connectivity index (χ1) is 7.54. The smallest absolute Gasteiger partial charge is 0.0684 e. The fourth-order valence-electron chi connectivity index (χ4n) is 2.56. The minimum absolute atomic E-state index is 0.147. The van der Waals surface area contributed by atoms with E-state index in [1.54, 1.807) is 0 Å². The molecule has 0 fully saturated rings. The highest BCUT2D eigenvalue weighted by Gasteiger charge is 2.30. The summed E-state index contributed by atoms with van der Waals surface area (Å²) in [6.45, 7) is 7.00. The molecule has 1 nitrogen and oxygen atoms in total. The topological polar surface area (TPSA) is 20.2 Å². The van der Waals surface area contributed by atoms with Crippen LogP contribution < -0.4 is 0 Å². The van der Waals surface area contributed by atoms with Crippen molar-refractivity contribution in [3.63, 3.8) is 0 Å². The summed E-state index contributed by atoms with van der Waals surface area (Å²) in [6.07, 6.45) is 3.23. The first kappa shape index (κ1) is 11.4. The summed E-state index contributed by atoms with van der Waals surface area (Å²) < 4.78 is 0. The van der Waals surface area contributed by atoms with E-state index >= 15 is 0 Å². The van der Waals surface area contributed by atoms with Crippen molar-refractivity contribution in [2.45, 2.75) is 33.1 Å². The van der Waals surface area contributed by atoms with Crippen molar-refractivity contribution in [2.24, 2.45) is 5.41 Å². The van der Waals surface area contributed by atoms with Gasteiger partial charge in [0.1, 0.15) is 0 Å². The zero-order valence-electron chi connectivity index (χ0n) is 10.3. The lowest BCUT2D eigenvalue weighted by Gasteiger charge is -2.35. The Morgan fingerprint density at radius 2 is 1.94 bits per heavy atom. The Labute approximate surface area is 97.8 Å². The van der Waals surface area contributed by atoms with Crippen LogP contribution in [-0.4, -0.2) is 11.7 Å². The Morgan fingerprint density at radius 1 is 1.25 bits per heavy atom. The maximum Gasteiger partial charge on any atom is 0.0684 e. The molecule has 1 aliphatic rings. The molecule has 1 aromatic rings. The van der Waals surface area contributed by atoms with Crippen molar-refractivity contribution in [1.82, 2.24) is 0 Å². The van der Waals surface area contributed by atoms with E-state index in [-0.39, 0.29) is 12.0 Å². The summed E-state index contributed by atoms with van der Waals surface area (Å²) in [7, 11) is 0. The maximum atomic E-state index is 9.36. The van der Waals surface area contributed by atoms with E-state index in [2.05, 4.69) is 45.0 Å². The number of aliphatic hydroxyl groups excluding tert-OH is 1. The molecule has 1 heteroatoms. The number of fused-ring (bicyclic) bond motifs is 1. The quantitative estimate of drug-likeness (QED) is 0.760. The summed E-state index contributed by atoms with van der Waals surface area (Å²) >= 11 is 0. The van der Waals surface area contributed by atoms with Gasteiger partial charge < -0.3 is 5.11 Å². The van der Waals surface area contributed by atoms with E-state index in [0.717, 1.165) is 12.0 Å². The third-order valence-corrected chi connectivity index (χ3v) is 3.50. The van der Waals surface area contributed by atoms with Crippen LogP contribution in [0.15, 0.2) is 30.3 Å². The van der Waals surface area contributed by atoms with Crippen molar-refractivity contribution in [3.05, 3.63) is 41.5 Å². The van der Waals surface area contributed by atoms with Crippen molar-refractivity contribution in [1.29, 1.82) is 0 Å². The molecule has 1 aromatic carbocycles. The Balaban J connectivity index is 2.49. The fourth-order valence-corrected chi connectivity index (χ4v) is 2.56. The Hall–Kier alpha value is -1.08. The second-order valence-electron chi connectivity index (χ2n) is 5.63. The maximum absolute atomic E-state index is 9.36. The lowest BCUT2D eigenvalue weighted by Crippen LogP contribution is -2.21. The molecular weight excluding hydrogens is 196 g/mol. The Kier molecular flexibility index (Phi) is 2.90. The molecule has 1 N–H and O–H groups in total. The highest BCUT2D eigenvalue weighted by molar-refractivity contribution is 5.71. The molecule has 0 saturated carbocycles. The first-order valence-corrected chi connectivity index (χ1v) is 5.93. The third kappa shape index (κ3) is 1.92. The molecule has 0 radical (unpaired) electrons.